The SMILES string of the molecule is CNCN(C(=O)C1CCCN1C(=O)OCc1ccccc1)c1cccc(-c2ccccc2)c1. The van der Waals surface area contributed by atoms with Gasteiger partial charge in [-0.15, -0.1) is 0 Å². The maximum absolute atomic E-state index is 13.6. The van der Waals surface area contributed by atoms with Gasteiger partial charge < -0.3 is 10.1 Å². The van der Waals surface area contributed by atoms with E-state index in [0.717, 1.165) is 28.8 Å². The van der Waals surface area contributed by atoms with Crippen LogP contribution in [0.1, 0.15) is 18.4 Å². The van der Waals surface area contributed by atoms with Gasteiger partial charge >= 0.3 is 6.09 Å². The van der Waals surface area contributed by atoms with Crippen molar-refractivity contribution in [3.05, 3.63) is 90.5 Å². The Balaban J connectivity index is 1.50. The maximum Gasteiger partial charge on any atom is 0.410 e. The van der Waals surface area contributed by atoms with Crippen LogP contribution in [-0.4, -0.2) is 43.2 Å². The molecule has 0 spiro atoms. The molecule has 33 heavy (non-hydrogen) atoms. The molecular weight excluding hydrogens is 414 g/mol. The summed E-state index contributed by atoms with van der Waals surface area (Å²) in [5.41, 5.74) is 3.83. The zero-order valence-electron chi connectivity index (χ0n) is 18.8. The molecule has 1 fully saturated rings. The molecular formula is C27H29N3O3. The van der Waals surface area contributed by atoms with E-state index in [1.807, 2.05) is 92.0 Å². The first-order chi connectivity index (χ1) is 16.2. The minimum absolute atomic E-state index is 0.108. The van der Waals surface area contributed by atoms with E-state index in [9.17, 15) is 9.59 Å². The average Bonchev–Trinajstić information content (AvgIpc) is 3.37. The molecule has 6 heteroatoms. The molecule has 0 aromatic heterocycles. The molecule has 3 aromatic rings. The number of carbonyl (C=O) groups excluding carboxylic acids is 2. The summed E-state index contributed by atoms with van der Waals surface area (Å²) in [4.78, 5) is 29.7. The van der Waals surface area contributed by atoms with Crippen molar-refractivity contribution < 1.29 is 14.3 Å². The highest BCUT2D eigenvalue weighted by Crippen LogP contribution is 2.27. The van der Waals surface area contributed by atoms with E-state index in [0.29, 0.717) is 19.6 Å². The third kappa shape index (κ3) is 5.41. The van der Waals surface area contributed by atoms with E-state index in [1.54, 1.807) is 9.80 Å². The number of hydrogen-bond acceptors (Lipinski definition) is 4. The second-order valence-electron chi connectivity index (χ2n) is 8.09. The van der Waals surface area contributed by atoms with E-state index in [1.165, 1.54) is 0 Å². The van der Waals surface area contributed by atoms with Gasteiger partial charge in [-0.3, -0.25) is 14.6 Å². The molecule has 0 aliphatic carbocycles. The van der Waals surface area contributed by atoms with Crippen molar-refractivity contribution in [1.29, 1.82) is 0 Å². The van der Waals surface area contributed by atoms with Crippen molar-refractivity contribution in [2.45, 2.75) is 25.5 Å². The molecule has 0 radical (unpaired) electrons. The first kappa shape index (κ1) is 22.6. The summed E-state index contributed by atoms with van der Waals surface area (Å²) < 4.78 is 5.52. The van der Waals surface area contributed by atoms with Crippen molar-refractivity contribution in [2.24, 2.45) is 0 Å². The van der Waals surface area contributed by atoms with Gasteiger partial charge in [-0.1, -0.05) is 72.8 Å². The zero-order valence-corrected chi connectivity index (χ0v) is 18.8. The standard InChI is InChI=1S/C27H29N3O3/c1-28-20-30(24-15-8-14-23(18-24)22-12-6-3-7-13-22)26(31)25-16-9-17-29(25)27(32)33-19-21-10-4-2-5-11-21/h2-8,10-15,18,25,28H,9,16-17,19-20H2,1H3. The van der Waals surface area contributed by atoms with Gasteiger partial charge in [0, 0.05) is 12.2 Å². The minimum atomic E-state index is -0.540. The lowest BCUT2D eigenvalue weighted by Gasteiger charge is -2.30. The second kappa shape index (κ2) is 10.8. The van der Waals surface area contributed by atoms with Gasteiger partial charge in [0.15, 0.2) is 0 Å². The molecule has 1 aliphatic rings. The third-order valence-electron chi connectivity index (χ3n) is 5.82. The van der Waals surface area contributed by atoms with Crippen LogP contribution < -0.4 is 10.2 Å². The molecule has 1 saturated heterocycles. The quantitative estimate of drug-likeness (QED) is 0.540. The molecule has 2 amide bonds. The van der Waals surface area contributed by atoms with Gasteiger partial charge in [0.1, 0.15) is 12.6 Å². The number of nitrogens with zero attached hydrogens (tertiary/aromatic N) is 2. The van der Waals surface area contributed by atoms with Crippen molar-refractivity contribution >= 4 is 17.7 Å². The van der Waals surface area contributed by atoms with Crippen molar-refractivity contribution in [3.8, 4) is 11.1 Å². The van der Waals surface area contributed by atoms with Crippen LogP contribution in [0.4, 0.5) is 10.5 Å². The summed E-state index contributed by atoms with van der Waals surface area (Å²) >= 11 is 0. The molecule has 170 valence electrons. The summed E-state index contributed by atoms with van der Waals surface area (Å²) in [5, 5.41) is 3.09. The number of carbonyl (C=O) groups is 2. The van der Waals surface area contributed by atoms with E-state index >= 15 is 0 Å². The molecule has 1 N–H and O–H groups in total. The smallest absolute Gasteiger partial charge is 0.410 e. The summed E-state index contributed by atoms with van der Waals surface area (Å²) in [6.07, 6.45) is 0.948. The zero-order chi connectivity index (χ0) is 23.0. The van der Waals surface area contributed by atoms with Crippen LogP contribution in [0.3, 0.4) is 0 Å². The fourth-order valence-corrected chi connectivity index (χ4v) is 4.16. The van der Waals surface area contributed by atoms with Crippen LogP contribution in [-0.2, 0) is 16.1 Å². The highest BCUT2D eigenvalue weighted by Gasteiger charge is 2.37. The van der Waals surface area contributed by atoms with Crippen molar-refractivity contribution in [3.63, 3.8) is 0 Å². The number of benzene rings is 3. The van der Waals surface area contributed by atoms with Crippen LogP contribution in [0.25, 0.3) is 11.1 Å². The van der Waals surface area contributed by atoms with Gasteiger partial charge in [0.2, 0.25) is 0 Å². The lowest BCUT2D eigenvalue weighted by Crippen LogP contribution is -2.50. The first-order valence-electron chi connectivity index (χ1n) is 11.3. The molecule has 0 bridgehead atoms. The largest absolute Gasteiger partial charge is 0.445 e. The molecule has 1 atom stereocenters. The molecule has 4 rings (SSSR count). The molecule has 1 aliphatic heterocycles. The Kier molecular flexibility index (Phi) is 7.37. The number of anilines is 1. The van der Waals surface area contributed by atoms with Crippen LogP contribution in [0.2, 0.25) is 0 Å². The summed E-state index contributed by atoms with van der Waals surface area (Å²) in [7, 11) is 1.81. The van der Waals surface area contributed by atoms with Crippen LogP contribution >= 0.6 is 0 Å². The predicted molar refractivity (Wildman–Crippen MR) is 130 cm³/mol. The molecule has 6 nitrogen and oxygen atoms in total. The van der Waals surface area contributed by atoms with Crippen LogP contribution in [0.15, 0.2) is 84.9 Å². The van der Waals surface area contributed by atoms with Gasteiger partial charge in [0.25, 0.3) is 5.91 Å². The van der Waals surface area contributed by atoms with E-state index in [-0.39, 0.29) is 12.5 Å². The lowest BCUT2D eigenvalue weighted by molar-refractivity contribution is -0.122. The second-order valence-corrected chi connectivity index (χ2v) is 8.09. The van der Waals surface area contributed by atoms with Crippen molar-refractivity contribution in [1.82, 2.24) is 10.2 Å². The fourth-order valence-electron chi connectivity index (χ4n) is 4.16. The Morgan fingerprint density at radius 3 is 2.39 bits per heavy atom. The Morgan fingerprint density at radius 2 is 1.67 bits per heavy atom. The van der Waals surface area contributed by atoms with Gasteiger partial charge in [0.05, 0.1) is 6.67 Å². The fraction of sp³-hybridized carbons (Fsp3) is 0.259. The molecule has 3 aromatic carbocycles. The lowest BCUT2D eigenvalue weighted by atomic mass is 10.0. The highest BCUT2D eigenvalue weighted by molar-refractivity contribution is 5.99. The van der Waals surface area contributed by atoms with Gasteiger partial charge in [-0.2, -0.15) is 0 Å². The number of likely N-dealkylation sites (tertiary alicyclic amines) is 1. The molecule has 1 unspecified atom stereocenters. The Bertz CT molecular complexity index is 1070. The predicted octanol–water partition coefficient (Wildman–Crippen LogP) is 4.66. The molecule has 0 saturated carbocycles. The van der Waals surface area contributed by atoms with E-state index < -0.39 is 12.1 Å². The average molecular weight is 444 g/mol. The summed E-state index contributed by atoms with van der Waals surface area (Å²) in [5.74, 6) is -0.108. The normalized spacial score (nSPS) is 15.3. The number of nitrogens with one attached hydrogen (secondary N) is 1. The monoisotopic (exact) mass is 443 g/mol. The number of amides is 2. The van der Waals surface area contributed by atoms with E-state index in [4.69, 9.17) is 4.74 Å². The van der Waals surface area contributed by atoms with E-state index in [2.05, 4.69) is 5.32 Å². The minimum Gasteiger partial charge on any atom is -0.445 e. The summed E-state index contributed by atoms with van der Waals surface area (Å²) in [6.45, 7) is 1.05. The number of rotatable bonds is 7. The number of hydrogen-bond donors (Lipinski definition) is 1. The first-order valence-corrected chi connectivity index (χ1v) is 11.3. The van der Waals surface area contributed by atoms with Crippen molar-refractivity contribution in [2.75, 3.05) is 25.2 Å². The summed E-state index contributed by atoms with van der Waals surface area (Å²) in [6, 6.07) is 27.0. The Morgan fingerprint density at radius 1 is 0.970 bits per heavy atom. The van der Waals surface area contributed by atoms with Gasteiger partial charge in [-0.25, -0.2) is 4.79 Å². The Labute approximate surface area is 194 Å². The van der Waals surface area contributed by atoms with Crippen LogP contribution in [0.5, 0.6) is 0 Å². The third-order valence-corrected chi connectivity index (χ3v) is 5.82. The Hall–Kier alpha value is -3.64. The topological polar surface area (TPSA) is 61.9 Å². The van der Waals surface area contributed by atoms with Gasteiger partial charge in [-0.05, 0) is 48.7 Å². The highest BCUT2D eigenvalue weighted by atomic mass is 16.6. The number of ether oxygens (including phenoxy) is 1. The maximum atomic E-state index is 13.6. The van der Waals surface area contributed by atoms with Crippen LogP contribution in [0, 0.1) is 0 Å². The molecule has 1 heterocycles.